The van der Waals surface area contributed by atoms with Crippen LogP contribution >= 0.6 is 0 Å². The summed E-state index contributed by atoms with van der Waals surface area (Å²) >= 11 is 0. The van der Waals surface area contributed by atoms with Gasteiger partial charge in [0.15, 0.2) is 29.0 Å². The minimum Gasteiger partial charge on any atom is -0.493 e. The molecule has 0 spiro atoms. The van der Waals surface area contributed by atoms with Crippen molar-refractivity contribution in [1.82, 2.24) is 0 Å². The Hall–Kier alpha value is -2.42. The summed E-state index contributed by atoms with van der Waals surface area (Å²) in [4.78, 5) is -1.01. The highest BCUT2D eigenvalue weighted by Crippen LogP contribution is 2.31. The molecule has 1 N–H and O–H groups in total. The Morgan fingerprint density at radius 2 is 1.75 bits per heavy atom. The first-order valence-electron chi connectivity index (χ1n) is 6.77. The maximum atomic E-state index is 13.7. The molecule has 130 valence electrons. The highest BCUT2D eigenvalue weighted by molar-refractivity contribution is 7.92. The van der Waals surface area contributed by atoms with E-state index in [9.17, 15) is 21.6 Å². The van der Waals surface area contributed by atoms with E-state index in [-0.39, 0.29) is 11.4 Å². The Morgan fingerprint density at radius 1 is 1.04 bits per heavy atom. The number of sulfonamides is 1. The Bertz CT molecular complexity index is 856. The molecule has 0 aliphatic carbocycles. The normalized spacial score (nSPS) is 11.2. The van der Waals surface area contributed by atoms with Crippen molar-refractivity contribution < 1.29 is 31.1 Å². The van der Waals surface area contributed by atoms with Crippen molar-refractivity contribution in [2.75, 3.05) is 18.4 Å². The van der Waals surface area contributed by atoms with Gasteiger partial charge in [-0.15, -0.1) is 0 Å². The van der Waals surface area contributed by atoms with E-state index in [0.717, 1.165) is 0 Å². The fraction of sp³-hybridized carbons (Fsp3) is 0.200. The fourth-order valence-corrected chi connectivity index (χ4v) is 3.05. The maximum Gasteiger partial charge on any atom is 0.264 e. The summed E-state index contributed by atoms with van der Waals surface area (Å²) in [5.74, 6) is -4.48. The average molecular weight is 361 g/mol. The summed E-state index contributed by atoms with van der Waals surface area (Å²) in [6, 6.07) is 5.32. The summed E-state index contributed by atoms with van der Waals surface area (Å²) in [5.41, 5.74) is 0.0411. The molecule has 2 aromatic carbocycles. The lowest BCUT2D eigenvalue weighted by atomic mass is 10.3. The predicted molar refractivity (Wildman–Crippen MR) is 81.3 cm³/mol. The van der Waals surface area contributed by atoms with E-state index in [1.54, 1.807) is 6.92 Å². The van der Waals surface area contributed by atoms with Crippen molar-refractivity contribution >= 4 is 15.7 Å². The fourth-order valence-electron chi connectivity index (χ4n) is 1.93. The molecule has 0 heterocycles. The summed E-state index contributed by atoms with van der Waals surface area (Å²) in [6.45, 7) is 2.14. The molecule has 0 aliphatic heterocycles. The molecule has 0 bridgehead atoms. The molecule has 0 saturated heterocycles. The van der Waals surface area contributed by atoms with Crippen LogP contribution in [0.2, 0.25) is 0 Å². The smallest absolute Gasteiger partial charge is 0.264 e. The molecule has 5 nitrogen and oxygen atoms in total. The minimum absolute atomic E-state index is 0.0411. The second-order valence-electron chi connectivity index (χ2n) is 4.58. The zero-order chi connectivity index (χ0) is 17.9. The number of benzene rings is 2. The number of halogens is 3. The second kappa shape index (κ2) is 7.00. The molecule has 2 rings (SSSR count). The third-order valence-electron chi connectivity index (χ3n) is 3.00. The Labute approximate surface area is 137 Å². The molecule has 24 heavy (non-hydrogen) atoms. The van der Waals surface area contributed by atoms with E-state index in [1.807, 2.05) is 0 Å². The summed E-state index contributed by atoms with van der Waals surface area (Å²) in [5, 5.41) is 0. The zero-order valence-electron chi connectivity index (χ0n) is 12.8. The summed E-state index contributed by atoms with van der Waals surface area (Å²) in [7, 11) is -3.10. The van der Waals surface area contributed by atoms with Crippen molar-refractivity contribution in [2.24, 2.45) is 0 Å². The third-order valence-corrected chi connectivity index (χ3v) is 4.40. The first-order chi connectivity index (χ1) is 11.3. The van der Waals surface area contributed by atoms with Crippen LogP contribution in [0.3, 0.4) is 0 Å². The molecule has 0 aliphatic rings. The molecule has 9 heteroatoms. The second-order valence-corrected chi connectivity index (χ2v) is 6.23. The van der Waals surface area contributed by atoms with Crippen LogP contribution < -0.4 is 14.2 Å². The van der Waals surface area contributed by atoms with Gasteiger partial charge in [-0.2, -0.15) is 0 Å². The van der Waals surface area contributed by atoms with Crippen molar-refractivity contribution in [3.05, 3.63) is 47.8 Å². The van der Waals surface area contributed by atoms with Crippen LogP contribution in [0.25, 0.3) is 0 Å². The van der Waals surface area contributed by atoms with Gasteiger partial charge in [-0.1, -0.05) is 0 Å². The first-order valence-corrected chi connectivity index (χ1v) is 8.25. The van der Waals surface area contributed by atoms with E-state index in [4.69, 9.17) is 9.47 Å². The highest BCUT2D eigenvalue weighted by Gasteiger charge is 2.24. The van der Waals surface area contributed by atoms with Crippen LogP contribution in [0.5, 0.6) is 11.5 Å². The maximum absolute atomic E-state index is 13.7. The molecule has 2 aromatic rings. The number of nitrogens with one attached hydrogen (secondary N) is 1. The van der Waals surface area contributed by atoms with Gasteiger partial charge in [0, 0.05) is 6.07 Å². The molecule has 0 atom stereocenters. The molecule has 0 radical (unpaired) electrons. The molecular formula is C15H14F3NO4S. The molecule has 0 unspecified atom stereocenters. The number of ether oxygens (including phenoxy) is 2. The van der Waals surface area contributed by atoms with E-state index >= 15 is 0 Å². The van der Waals surface area contributed by atoms with Gasteiger partial charge in [0.2, 0.25) is 0 Å². The van der Waals surface area contributed by atoms with Crippen LogP contribution in [0.4, 0.5) is 18.9 Å². The Kier molecular flexibility index (Phi) is 5.23. The number of anilines is 1. The van der Waals surface area contributed by atoms with Gasteiger partial charge in [-0.05, 0) is 31.2 Å². The van der Waals surface area contributed by atoms with Crippen molar-refractivity contribution in [3.8, 4) is 11.5 Å². The Balaban J connectivity index is 2.38. The topological polar surface area (TPSA) is 64.6 Å². The van der Waals surface area contributed by atoms with Gasteiger partial charge in [-0.3, -0.25) is 4.72 Å². The number of methoxy groups -OCH3 is 1. The van der Waals surface area contributed by atoms with Crippen LogP contribution in [-0.4, -0.2) is 22.1 Å². The summed E-state index contributed by atoms with van der Waals surface area (Å²) in [6.07, 6.45) is 0. The average Bonchev–Trinajstić information content (AvgIpc) is 2.53. The van der Waals surface area contributed by atoms with Gasteiger partial charge < -0.3 is 9.47 Å². The standard InChI is InChI=1S/C15H14F3NO4S/c1-3-23-11-6-4-9(8-12(11)22-2)19-24(20,21)13-7-5-10(16)14(17)15(13)18/h4-8,19H,3H2,1-2H3. The lowest BCUT2D eigenvalue weighted by Gasteiger charge is -2.13. The summed E-state index contributed by atoms with van der Waals surface area (Å²) < 4.78 is 76.7. The SMILES string of the molecule is CCOc1ccc(NS(=O)(=O)c2ccc(F)c(F)c2F)cc1OC. The Morgan fingerprint density at radius 3 is 2.38 bits per heavy atom. The van der Waals surface area contributed by atoms with Crippen LogP contribution in [-0.2, 0) is 10.0 Å². The predicted octanol–water partition coefficient (Wildman–Crippen LogP) is 3.31. The number of hydrogen-bond donors (Lipinski definition) is 1. The zero-order valence-corrected chi connectivity index (χ0v) is 13.6. The third kappa shape index (κ3) is 3.56. The van der Waals surface area contributed by atoms with E-state index < -0.39 is 32.4 Å². The largest absolute Gasteiger partial charge is 0.493 e. The van der Waals surface area contributed by atoms with Gasteiger partial charge in [-0.25, -0.2) is 21.6 Å². The van der Waals surface area contributed by atoms with E-state index in [1.165, 1.54) is 25.3 Å². The van der Waals surface area contributed by atoms with Crippen LogP contribution in [0.15, 0.2) is 35.2 Å². The van der Waals surface area contributed by atoms with Crippen LogP contribution in [0.1, 0.15) is 6.92 Å². The number of hydrogen-bond acceptors (Lipinski definition) is 4. The van der Waals surface area contributed by atoms with Gasteiger partial charge >= 0.3 is 0 Å². The lowest BCUT2D eigenvalue weighted by molar-refractivity contribution is 0.311. The van der Waals surface area contributed by atoms with E-state index in [0.29, 0.717) is 24.5 Å². The highest BCUT2D eigenvalue weighted by atomic mass is 32.2. The molecule has 0 saturated carbocycles. The molecule has 0 aromatic heterocycles. The lowest BCUT2D eigenvalue weighted by Crippen LogP contribution is -2.16. The monoisotopic (exact) mass is 361 g/mol. The van der Waals surface area contributed by atoms with Gasteiger partial charge in [0.05, 0.1) is 19.4 Å². The van der Waals surface area contributed by atoms with Crippen molar-refractivity contribution in [3.63, 3.8) is 0 Å². The van der Waals surface area contributed by atoms with Crippen LogP contribution in [0, 0.1) is 17.5 Å². The minimum atomic E-state index is -4.46. The quantitative estimate of drug-likeness (QED) is 0.802. The van der Waals surface area contributed by atoms with Gasteiger partial charge in [0.1, 0.15) is 4.90 Å². The van der Waals surface area contributed by atoms with E-state index in [2.05, 4.69) is 4.72 Å². The van der Waals surface area contributed by atoms with Crippen molar-refractivity contribution in [1.29, 1.82) is 0 Å². The molecular weight excluding hydrogens is 347 g/mol. The van der Waals surface area contributed by atoms with Gasteiger partial charge in [0.25, 0.3) is 10.0 Å². The molecule has 0 amide bonds. The first kappa shape index (κ1) is 17.9. The molecule has 0 fully saturated rings. The van der Waals surface area contributed by atoms with Crippen molar-refractivity contribution in [2.45, 2.75) is 11.8 Å². The number of rotatable bonds is 6.